The van der Waals surface area contributed by atoms with Gasteiger partial charge < -0.3 is 10.1 Å². The van der Waals surface area contributed by atoms with Gasteiger partial charge in [-0.25, -0.2) is 9.97 Å². The lowest BCUT2D eigenvalue weighted by Crippen LogP contribution is -2.12. The first-order valence-corrected chi connectivity index (χ1v) is 10.2. The second-order valence-corrected chi connectivity index (χ2v) is 7.71. The molecule has 6 heteroatoms. The number of ether oxygens (including phenoxy) is 1. The normalized spacial score (nSPS) is 13.7. The number of hydrogen-bond acceptors (Lipinski definition) is 6. The third-order valence-corrected chi connectivity index (χ3v) is 5.47. The highest BCUT2D eigenvalue weighted by molar-refractivity contribution is 5.83. The summed E-state index contributed by atoms with van der Waals surface area (Å²) in [5.41, 5.74) is 6.23. The van der Waals surface area contributed by atoms with E-state index in [2.05, 4.69) is 50.4 Å². The van der Waals surface area contributed by atoms with Gasteiger partial charge in [0.1, 0.15) is 17.9 Å². The molecular weight excluding hydrogens is 374 g/mol. The van der Waals surface area contributed by atoms with Crippen molar-refractivity contribution in [1.82, 2.24) is 19.9 Å². The molecule has 150 valence electrons. The minimum atomic E-state index is 0.267. The van der Waals surface area contributed by atoms with Crippen LogP contribution in [0.1, 0.15) is 29.8 Å². The van der Waals surface area contributed by atoms with Crippen LogP contribution in [0.15, 0.2) is 55.0 Å². The van der Waals surface area contributed by atoms with Crippen molar-refractivity contribution in [3.05, 3.63) is 71.9 Å². The van der Waals surface area contributed by atoms with Crippen LogP contribution in [0.5, 0.6) is 5.75 Å². The Balaban J connectivity index is 1.35. The molecule has 3 aromatic heterocycles. The quantitative estimate of drug-likeness (QED) is 0.533. The molecule has 0 amide bonds. The van der Waals surface area contributed by atoms with E-state index in [1.165, 1.54) is 5.56 Å². The van der Waals surface area contributed by atoms with Crippen LogP contribution in [0.3, 0.4) is 0 Å². The summed E-state index contributed by atoms with van der Waals surface area (Å²) in [6.45, 7) is 5.70. The second kappa shape index (κ2) is 7.71. The van der Waals surface area contributed by atoms with Gasteiger partial charge in [-0.05, 0) is 31.2 Å². The van der Waals surface area contributed by atoms with Crippen molar-refractivity contribution in [1.29, 1.82) is 0 Å². The number of aromatic nitrogens is 4. The molecule has 1 N–H and O–H groups in total. The Bertz CT molecular complexity index is 1220. The summed E-state index contributed by atoms with van der Waals surface area (Å²) in [6, 6.07) is 14.3. The molecule has 1 aliphatic rings. The zero-order valence-electron chi connectivity index (χ0n) is 17.1. The summed E-state index contributed by atoms with van der Waals surface area (Å²) in [7, 11) is 0. The van der Waals surface area contributed by atoms with Crippen molar-refractivity contribution in [2.75, 3.05) is 18.5 Å². The van der Waals surface area contributed by atoms with E-state index in [0.717, 1.165) is 64.7 Å². The fourth-order valence-electron chi connectivity index (χ4n) is 3.92. The maximum absolute atomic E-state index is 5.85. The number of anilines is 1. The molecule has 0 aliphatic carbocycles. The maximum atomic E-state index is 5.85. The van der Waals surface area contributed by atoms with Crippen molar-refractivity contribution in [2.45, 2.75) is 26.2 Å². The molecule has 4 aromatic rings. The molecule has 30 heavy (non-hydrogen) atoms. The molecule has 1 aromatic carbocycles. The topological polar surface area (TPSA) is 72.8 Å². The first kappa shape index (κ1) is 18.5. The lowest BCUT2D eigenvalue weighted by Gasteiger charge is -2.17. The summed E-state index contributed by atoms with van der Waals surface area (Å²) >= 11 is 0. The van der Waals surface area contributed by atoms with E-state index in [1.807, 2.05) is 31.2 Å². The molecule has 0 spiro atoms. The standard InChI is InChI=1S/C24H23N5O/c1-15(19-10-16(2)29-21-7-9-30-24(19)21)13-26-23-12-22(27-14-28-23)18-5-6-20-17(11-18)4-3-8-25-20/h3-6,8,10-12,14-15H,7,9,13H2,1-2H3,(H,26,27,28). The van der Waals surface area contributed by atoms with Gasteiger partial charge in [0.2, 0.25) is 0 Å². The molecule has 1 unspecified atom stereocenters. The molecule has 0 bridgehead atoms. The fourth-order valence-corrected chi connectivity index (χ4v) is 3.92. The average molecular weight is 397 g/mol. The smallest absolute Gasteiger partial charge is 0.144 e. The minimum Gasteiger partial charge on any atom is -0.491 e. The Morgan fingerprint density at radius 3 is 2.97 bits per heavy atom. The number of pyridine rings is 2. The number of aryl methyl sites for hydroxylation is 1. The van der Waals surface area contributed by atoms with Gasteiger partial charge in [-0.15, -0.1) is 0 Å². The van der Waals surface area contributed by atoms with E-state index in [1.54, 1.807) is 12.5 Å². The summed E-state index contributed by atoms with van der Waals surface area (Å²) in [5.74, 6) is 2.04. The molecule has 4 heterocycles. The number of fused-ring (bicyclic) bond motifs is 2. The van der Waals surface area contributed by atoms with Gasteiger partial charge in [0.05, 0.1) is 23.5 Å². The zero-order chi connectivity index (χ0) is 20.5. The monoisotopic (exact) mass is 397 g/mol. The Hall–Kier alpha value is -3.54. The molecule has 0 fully saturated rings. The van der Waals surface area contributed by atoms with E-state index in [4.69, 9.17) is 4.74 Å². The molecule has 6 nitrogen and oxygen atoms in total. The second-order valence-electron chi connectivity index (χ2n) is 7.71. The Morgan fingerprint density at radius 2 is 2.03 bits per heavy atom. The first-order chi connectivity index (χ1) is 14.7. The van der Waals surface area contributed by atoms with E-state index < -0.39 is 0 Å². The van der Waals surface area contributed by atoms with Crippen LogP contribution in [0.2, 0.25) is 0 Å². The van der Waals surface area contributed by atoms with Crippen molar-refractivity contribution in [3.8, 4) is 17.0 Å². The van der Waals surface area contributed by atoms with Gasteiger partial charge in [0, 0.05) is 53.4 Å². The summed E-state index contributed by atoms with van der Waals surface area (Å²) in [4.78, 5) is 17.9. The number of nitrogens with one attached hydrogen (secondary N) is 1. The maximum Gasteiger partial charge on any atom is 0.144 e. The summed E-state index contributed by atoms with van der Waals surface area (Å²) in [5, 5.41) is 4.56. The highest BCUT2D eigenvalue weighted by Crippen LogP contribution is 2.34. The van der Waals surface area contributed by atoms with Gasteiger partial charge in [-0.3, -0.25) is 9.97 Å². The lowest BCUT2D eigenvalue weighted by atomic mass is 9.99. The van der Waals surface area contributed by atoms with Crippen LogP contribution in [0.4, 0.5) is 5.82 Å². The molecule has 0 saturated heterocycles. The summed E-state index contributed by atoms with van der Waals surface area (Å²) in [6.07, 6.45) is 4.30. The largest absolute Gasteiger partial charge is 0.491 e. The van der Waals surface area contributed by atoms with Crippen LogP contribution in [0.25, 0.3) is 22.2 Å². The third kappa shape index (κ3) is 3.56. The summed E-state index contributed by atoms with van der Waals surface area (Å²) < 4.78 is 5.85. The molecular formula is C24H23N5O. The fraction of sp³-hybridized carbons (Fsp3) is 0.250. The van der Waals surface area contributed by atoms with Crippen LogP contribution < -0.4 is 10.1 Å². The molecule has 1 aliphatic heterocycles. The number of hydrogen-bond donors (Lipinski definition) is 1. The predicted octanol–water partition coefficient (Wildman–Crippen LogP) is 4.55. The van der Waals surface area contributed by atoms with Crippen LogP contribution in [-0.4, -0.2) is 33.1 Å². The average Bonchev–Trinajstić information content (AvgIpc) is 3.25. The van der Waals surface area contributed by atoms with Gasteiger partial charge in [0.25, 0.3) is 0 Å². The van der Waals surface area contributed by atoms with E-state index >= 15 is 0 Å². The van der Waals surface area contributed by atoms with Crippen molar-refractivity contribution < 1.29 is 4.74 Å². The number of benzene rings is 1. The molecule has 5 rings (SSSR count). The first-order valence-electron chi connectivity index (χ1n) is 10.2. The van der Waals surface area contributed by atoms with Crippen LogP contribution in [0, 0.1) is 6.92 Å². The Labute approximate surface area is 175 Å². The molecule has 1 atom stereocenters. The van der Waals surface area contributed by atoms with Crippen LogP contribution in [-0.2, 0) is 6.42 Å². The Kier molecular flexibility index (Phi) is 4.75. The van der Waals surface area contributed by atoms with Crippen LogP contribution >= 0.6 is 0 Å². The lowest BCUT2D eigenvalue weighted by molar-refractivity contribution is 0.352. The SMILES string of the molecule is Cc1cc(C(C)CNc2cc(-c3ccc4ncccc4c3)ncn2)c2c(n1)CCO2. The van der Waals surface area contributed by atoms with Gasteiger partial charge in [0.15, 0.2) is 0 Å². The molecule has 0 radical (unpaired) electrons. The highest BCUT2D eigenvalue weighted by Gasteiger charge is 2.22. The Morgan fingerprint density at radius 1 is 1.10 bits per heavy atom. The van der Waals surface area contributed by atoms with E-state index in [0.29, 0.717) is 0 Å². The zero-order valence-corrected chi connectivity index (χ0v) is 17.1. The third-order valence-electron chi connectivity index (χ3n) is 5.47. The van der Waals surface area contributed by atoms with Gasteiger partial charge in [-0.2, -0.15) is 0 Å². The number of nitrogens with zero attached hydrogens (tertiary/aromatic N) is 4. The van der Waals surface area contributed by atoms with Gasteiger partial charge >= 0.3 is 0 Å². The van der Waals surface area contributed by atoms with Crippen molar-refractivity contribution in [2.24, 2.45) is 0 Å². The van der Waals surface area contributed by atoms with Crippen molar-refractivity contribution >= 4 is 16.7 Å². The van der Waals surface area contributed by atoms with Crippen molar-refractivity contribution in [3.63, 3.8) is 0 Å². The molecule has 0 saturated carbocycles. The number of rotatable bonds is 5. The van der Waals surface area contributed by atoms with E-state index in [9.17, 15) is 0 Å². The minimum absolute atomic E-state index is 0.267. The van der Waals surface area contributed by atoms with Gasteiger partial charge in [-0.1, -0.05) is 19.1 Å². The van der Waals surface area contributed by atoms with E-state index in [-0.39, 0.29) is 5.92 Å². The predicted molar refractivity (Wildman–Crippen MR) is 118 cm³/mol. The highest BCUT2D eigenvalue weighted by atomic mass is 16.5.